The topological polar surface area (TPSA) is 175 Å². The van der Waals surface area contributed by atoms with E-state index in [9.17, 15) is 29.4 Å². The number of fused-ring (bicyclic) bond motifs is 5. The Hall–Kier alpha value is -3.39. The van der Waals surface area contributed by atoms with Gasteiger partial charge in [0.2, 0.25) is 5.91 Å². The Morgan fingerprint density at radius 3 is 2.41 bits per heavy atom. The first-order chi connectivity index (χ1) is 20.6. The molecule has 0 aromatic carbocycles. The Kier molecular flexibility index (Phi) is 9.84. The number of oxime groups is 1. The van der Waals surface area contributed by atoms with Crippen LogP contribution in [0.1, 0.15) is 91.9 Å². The van der Waals surface area contributed by atoms with Crippen molar-refractivity contribution in [2.75, 3.05) is 6.61 Å². The third-order valence-corrected chi connectivity index (χ3v) is 11.3. The van der Waals surface area contributed by atoms with Crippen molar-refractivity contribution < 1.29 is 39.3 Å². The molecule has 5 N–H and O–H groups in total. The van der Waals surface area contributed by atoms with E-state index in [2.05, 4.69) is 41.6 Å². The van der Waals surface area contributed by atoms with Gasteiger partial charge in [0.25, 0.3) is 5.91 Å². The monoisotopic (exact) mass is 613 g/mol. The third kappa shape index (κ3) is 6.37. The second-order valence-corrected chi connectivity index (χ2v) is 14.0. The molecule has 0 spiro atoms. The normalized spacial score (nSPS) is 34.8. The van der Waals surface area contributed by atoms with Crippen LogP contribution in [0.3, 0.4) is 0 Å². The zero-order valence-electron chi connectivity index (χ0n) is 26.2. The molecule has 0 aliphatic heterocycles. The van der Waals surface area contributed by atoms with Crippen molar-refractivity contribution in [1.29, 1.82) is 0 Å². The molecular formula is C33H47N3O8. The van der Waals surface area contributed by atoms with Gasteiger partial charge >= 0.3 is 11.9 Å². The van der Waals surface area contributed by atoms with Crippen LogP contribution in [0, 0.1) is 46.8 Å². The molecule has 0 saturated heterocycles. The highest BCUT2D eigenvalue weighted by atomic mass is 16.6. The van der Waals surface area contributed by atoms with Crippen LogP contribution in [0.2, 0.25) is 0 Å². The van der Waals surface area contributed by atoms with Gasteiger partial charge in [-0.05, 0) is 93.0 Å². The molecule has 0 radical (unpaired) electrons. The lowest BCUT2D eigenvalue weighted by molar-refractivity contribution is -0.143. The Morgan fingerprint density at radius 2 is 1.77 bits per heavy atom. The molecule has 3 saturated carbocycles. The molecule has 4 aliphatic carbocycles. The van der Waals surface area contributed by atoms with Gasteiger partial charge in [-0.15, -0.1) is 6.42 Å². The number of carboxylic acids is 2. The Bertz CT molecular complexity index is 1270. The number of nitrogens with one attached hydrogen (secondary N) is 2. The number of nitrogens with zero attached hydrogens (tertiary/aromatic N) is 1. The molecule has 0 aromatic rings. The molecule has 0 aromatic heterocycles. The van der Waals surface area contributed by atoms with Crippen molar-refractivity contribution in [3.8, 4) is 12.3 Å². The Morgan fingerprint density at radius 1 is 1.07 bits per heavy atom. The summed E-state index contributed by atoms with van der Waals surface area (Å²) in [7, 11) is 0. The molecule has 3 fully saturated rings. The first kappa shape index (κ1) is 33.5. The minimum absolute atomic E-state index is 0.0492. The van der Waals surface area contributed by atoms with Crippen LogP contribution < -0.4 is 10.6 Å². The summed E-state index contributed by atoms with van der Waals surface area (Å²) in [6.07, 6.45) is 14.5. The fourth-order valence-electron chi connectivity index (χ4n) is 8.61. The predicted molar refractivity (Wildman–Crippen MR) is 162 cm³/mol. The lowest BCUT2D eigenvalue weighted by atomic mass is 9.46. The molecule has 2 amide bonds. The number of rotatable bonds is 11. The van der Waals surface area contributed by atoms with E-state index in [0.717, 1.165) is 44.2 Å². The van der Waals surface area contributed by atoms with Crippen LogP contribution in [0.4, 0.5) is 0 Å². The number of amides is 2. The summed E-state index contributed by atoms with van der Waals surface area (Å²) >= 11 is 0. The van der Waals surface area contributed by atoms with Gasteiger partial charge in [-0.25, -0.2) is 4.79 Å². The SMILES string of the molecule is C#C[C@@]1(O)CC[C@H]2[C@@H]3CCC4=C/C(=N\OCC(=O)N[C@@H](C(=O)N[C@H](CCC(=O)O)C(=O)O)C(C)C)CC[C@]4(C)[C@H]3CC[C@@]21C. The smallest absolute Gasteiger partial charge is 0.326 e. The molecule has 4 rings (SSSR count). The summed E-state index contributed by atoms with van der Waals surface area (Å²) in [5.74, 6) is 0.0444. The molecule has 11 heteroatoms. The average Bonchev–Trinajstić information content (AvgIpc) is 3.24. The van der Waals surface area contributed by atoms with Gasteiger partial charge in [-0.2, -0.15) is 0 Å². The summed E-state index contributed by atoms with van der Waals surface area (Å²) in [6, 6.07) is -2.42. The van der Waals surface area contributed by atoms with Crippen molar-refractivity contribution in [2.24, 2.45) is 39.7 Å². The number of carbonyl (C=O) groups excluding carboxylic acids is 2. The fourth-order valence-corrected chi connectivity index (χ4v) is 8.61. The maximum absolute atomic E-state index is 12.8. The predicted octanol–water partition coefficient (Wildman–Crippen LogP) is 3.26. The summed E-state index contributed by atoms with van der Waals surface area (Å²) in [6.45, 7) is 7.55. The van der Waals surface area contributed by atoms with Gasteiger partial charge in [-0.3, -0.25) is 14.4 Å². The molecular weight excluding hydrogens is 566 g/mol. The Labute approximate surface area is 259 Å². The van der Waals surface area contributed by atoms with E-state index in [1.54, 1.807) is 13.8 Å². The van der Waals surface area contributed by atoms with E-state index in [0.29, 0.717) is 30.6 Å². The standard InChI is InChI=1S/C33H47N3O8/c1-6-33(43)16-13-24-22-8-7-20-17-21(11-14-31(20,4)23(22)12-15-32(24,33)5)36-44-18-26(37)35-28(19(2)3)29(40)34-25(30(41)42)9-10-27(38)39/h1,17,19,22-25,28,43H,7-16,18H2,2-5H3,(H,34,40)(H,35,37)(H,38,39)(H,41,42)/b36-21-/t22-,23+,24+,25-,28-,31+,32+,33-/m1/s1. The van der Waals surface area contributed by atoms with E-state index in [1.807, 2.05) is 0 Å². The molecule has 11 nitrogen and oxygen atoms in total. The largest absolute Gasteiger partial charge is 0.481 e. The molecule has 8 atom stereocenters. The summed E-state index contributed by atoms with van der Waals surface area (Å²) in [5, 5.41) is 38.6. The number of terminal acetylenes is 1. The summed E-state index contributed by atoms with van der Waals surface area (Å²) in [4.78, 5) is 53.1. The number of allylic oxidation sites excluding steroid dienone is 2. The van der Waals surface area contributed by atoms with Crippen LogP contribution in [0.25, 0.3) is 0 Å². The second kappa shape index (κ2) is 12.9. The van der Waals surface area contributed by atoms with Crippen molar-refractivity contribution >= 4 is 29.5 Å². The number of hydrogen-bond donors (Lipinski definition) is 5. The van der Waals surface area contributed by atoms with Gasteiger partial charge in [0, 0.05) is 11.8 Å². The summed E-state index contributed by atoms with van der Waals surface area (Å²) in [5.41, 5.74) is 0.931. The van der Waals surface area contributed by atoms with Crippen molar-refractivity contribution in [3.63, 3.8) is 0 Å². The van der Waals surface area contributed by atoms with Crippen molar-refractivity contribution in [2.45, 2.75) is 110 Å². The highest BCUT2D eigenvalue weighted by Crippen LogP contribution is 2.67. The highest BCUT2D eigenvalue weighted by molar-refractivity contribution is 5.96. The number of hydrogen-bond acceptors (Lipinski definition) is 7. The quantitative estimate of drug-likeness (QED) is 0.174. The van der Waals surface area contributed by atoms with E-state index >= 15 is 0 Å². The molecule has 4 aliphatic rings. The fraction of sp³-hybridized carbons (Fsp3) is 0.727. The van der Waals surface area contributed by atoms with Crippen molar-refractivity contribution in [3.05, 3.63) is 11.6 Å². The van der Waals surface area contributed by atoms with Crippen molar-refractivity contribution in [1.82, 2.24) is 10.6 Å². The lowest BCUT2D eigenvalue weighted by Gasteiger charge is -2.58. The number of carbonyl (C=O) groups is 4. The van der Waals surface area contributed by atoms with E-state index < -0.39 is 54.5 Å². The molecule has 242 valence electrons. The maximum atomic E-state index is 12.8. The van der Waals surface area contributed by atoms with E-state index in [-0.39, 0.29) is 23.2 Å². The second-order valence-electron chi connectivity index (χ2n) is 14.0. The third-order valence-electron chi connectivity index (χ3n) is 11.3. The lowest BCUT2D eigenvalue weighted by Crippen LogP contribution is -2.54. The van der Waals surface area contributed by atoms with E-state index in [4.69, 9.17) is 16.4 Å². The molecule has 0 bridgehead atoms. The van der Waals surface area contributed by atoms with E-state index in [1.165, 1.54) is 5.57 Å². The molecule has 0 heterocycles. The minimum Gasteiger partial charge on any atom is -0.481 e. The first-order valence-corrected chi connectivity index (χ1v) is 15.8. The van der Waals surface area contributed by atoms with Crippen LogP contribution in [-0.2, 0) is 24.0 Å². The number of aliphatic carboxylic acids is 2. The minimum atomic E-state index is -1.39. The molecule has 0 unspecified atom stereocenters. The maximum Gasteiger partial charge on any atom is 0.326 e. The highest BCUT2D eigenvalue weighted by Gasteiger charge is 2.63. The van der Waals surface area contributed by atoms with Crippen LogP contribution >= 0.6 is 0 Å². The Balaban J connectivity index is 1.34. The molecule has 44 heavy (non-hydrogen) atoms. The summed E-state index contributed by atoms with van der Waals surface area (Å²) < 4.78 is 0. The van der Waals surface area contributed by atoms with Crippen LogP contribution in [0.5, 0.6) is 0 Å². The number of aliphatic hydroxyl groups is 1. The zero-order valence-corrected chi connectivity index (χ0v) is 26.2. The van der Waals surface area contributed by atoms with Gasteiger partial charge < -0.3 is 30.8 Å². The number of carboxylic acid groups (broad SMARTS) is 2. The van der Waals surface area contributed by atoms with Gasteiger partial charge in [-0.1, -0.05) is 44.3 Å². The van der Waals surface area contributed by atoms with Gasteiger partial charge in [0.05, 0.1) is 5.71 Å². The average molecular weight is 614 g/mol. The van der Waals surface area contributed by atoms with Crippen LogP contribution in [0.15, 0.2) is 16.8 Å². The van der Waals surface area contributed by atoms with Gasteiger partial charge in [0.1, 0.15) is 17.7 Å². The first-order valence-electron chi connectivity index (χ1n) is 15.8. The zero-order chi connectivity index (χ0) is 32.4. The van der Waals surface area contributed by atoms with Crippen LogP contribution in [-0.4, -0.2) is 69.1 Å². The van der Waals surface area contributed by atoms with Gasteiger partial charge in [0.15, 0.2) is 6.61 Å².